The van der Waals surface area contributed by atoms with Crippen LogP contribution in [0.4, 0.5) is 0 Å². The van der Waals surface area contributed by atoms with Gasteiger partial charge in [0.1, 0.15) is 0 Å². The zero-order chi connectivity index (χ0) is 20.7. The van der Waals surface area contributed by atoms with E-state index in [4.69, 9.17) is 11.6 Å². The van der Waals surface area contributed by atoms with Crippen molar-refractivity contribution in [3.63, 3.8) is 0 Å². The molecular weight excluding hydrogens is 420 g/mol. The van der Waals surface area contributed by atoms with Gasteiger partial charge >= 0.3 is 0 Å². The zero-order valence-corrected chi connectivity index (χ0v) is 18.9. The van der Waals surface area contributed by atoms with Gasteiger partial charge in [-0.2, -0.15) is 0 Å². The molecule has 31 heavy (non-hydrogen) atoms. The minimum Gasteiger partial charge on any atom is -0.385 e. The van der Waals surface area contributed by atoms with Crippen LogP contribution in [0.2, 0.25) is 5.02 Å². The van der Waals surface area contributed by atoms with Crippen LogP contribution < -0.4 is 0 Å². The molecule has 0 unspecified atom stereocenters. The third kappa shape index (κ3) is 2.53. The van der Waals surface area contributed by atoms with Gasteiger partial charge < -0.3 is 5.11 Å². The number of hydrogen-bond acceptors (Lipinski definition) is 2. The van der Waals surface area contributed by atoms with Crippen LogP contribution in [0, 0.1) is 23.7 Å². The van der Waals surface area contributed by atoms with Crippen LogP contribution in [0.25, 0.3) is 31.3 Å². The molecule has 4 aliphatic rings. The average Bonchev–Trinajstić information content (AvgIpc) is 3.17. The summed E-state index contributed by atoms with van der Waals surface area (Å²) in [6, 6.07) is 21.4. The van der Waals surface area contributed by atoms with Crippen LogP contribution in [-0.4, -0.2) is 5.11 Å². The number of rotatable bonds is 2. The summed E-state index contributed by atoms with van der Waals surface area (Å²) in [5.41, 5.74) is 2.89. The van der Waals surface area contributed by atoms with Crippen LogP contribution in [0.1, 0.15) is 37.7 Å². The van der Waals surface area contributed by atoms with E-state index in [-0.39, 0.29) is 0 Å². The SMILES string of the molecule is OC1(c2ccccc2-c2cccc3c2sc2c(Cl)cccc23)C2CC3CC(C2)CC1C3. The summed E-state index contributed by atoms with van der Waals surface area (Å²) in [5, 5.41) is 15.6. The number of hydrogen-bond donors (Lipinski definition) is 1. The van der Waals surface area contributed by atoms with E-state index in [1.165, 1.54) is 58.7 Å². The maximum Gasteiger partial charge on any atom is 0.0958 e. The first-order chi connectivity index (χ1) is 15.1. The first-order valence-electron chi connectivity index (χ1n) is 11.5. The Hall–Kier alpha value is -1.87. The van der Waals surface area contributed by atoms with Crippen LogP contribution >= 0.6 is 22.9 Å². The highest BCUT2D eigenvalue weighted by Crippen LogP contribution is 2.62. The molecule has 8 rings (SSSR count). The molecule has 4 fully saturated rings. The van der Waals surface area contributed by atoms with Gasteiger partial charge in [-0.05, 0) is 78.5 Å². The van der Waals surface area contributed by atoms with E-state index >= 15 is 0 Å². The molecule has 1 N–H and O–H groups in total. The van der Waals surface area contributed by atoms with Gasteiger partial charge in [-0.15, -0.1) is 11.3 Å². The molecule has 3 aromatic carbocycles. The fraction of sp³-hybridized carbons (Fsp3) is 0.357. The minimum absolute atomic E-state index is 0.404. The molecule has 1 nitrogen and oxygen atoms in total. The van der Waals surface area contributed by atoms with Crippen molar-refractivity contribution < 1.29 is 5.11 Å². The summed E-state index contributed by atoms with van der Waals surface area (Å²) in [5.74, 6) is 2.48. The Balaban J connectivity index is 1.46. The molecule has 4 bridgehead atoms. The summed E-state index contributed by atoms with van der Waals surface area (Å²) in [6.07, 6.45) is 6.18. The highest BCUT2D eigenvalue weighted by atomic mass is 35.5. The molecule has 0 amide bonds. The standard InChI is InChI=1S/C28H25ClOS/c29-25-10-4-8-23-22-7-3-6-21(26(22)31-27(23)25)20-5-1-2-9-24(20)28(30)18-12-16-11-17(14-18)15-19(28)13-16/h1-10,16-19,30H,11-15H2. The van der Waals surface area contributed by atoms with Crippen molar-refractivity contribution in [3.05, 3.63) is 71.2 Å². The predicted molar refractivity (Wildman–Crippen MR) is 131 cm³/mol. The molecule has 0 saturated heterocycles. The molecule has 4 aromatic rings. The molecule has 0 radical (unpaired) electrons. The van der Waals surface area contributed by atoms with Crippen molar-refractivity contribution in [2.45, 2.75) is 37.7 Å². The lowest BCUT2D eigenvalue weighted by atomic mass is 9.48. The Labute approximate surface area is 191 Å². The Bertz CT molecular complexity index is 1310. The summed E-state index contributed by atoms with van der Waals surface area (Å²) >= 11 is 8.33. The van der Waals surface area contributed by atoms with Gasteiger partial charge in [0.25, 0.3) is 0 Å². The molecule has 0 atom stereocenters. The van der Waals surface area contributed by atoms with Crippen LogP contribution in [0.3, 0.4) is 0 Å². The summed E-state index contributed by atoms with van der Waals surface area (Å²) in [6.45, 7) is 0. The molecule has 3 heteroatoms. The Kier molecular flexibility index (Phi) is 3.96. The van der Waals surface area contributed by atoms with E-state index in [0.29, 0.717) is 11.8 Å². The Morgan fingerprint density at radius 1 is 0.710 bits per heavy atom. The van der Waals surface area contributed by atoms with Crippen LogP contribution in [0.15, 0.2) is 60.7 Å². The molecular formula is C28H25ClOS. The molecule has 4 saturated carbocycles. The fourth-order valence-electron chi connectivity index (χ4n) is 7.41. The summed E-state index contributed by atoms with van der Waals surface area (Å²) < 4.78 is 2.42. The molecule has 156 valence electrons. The van der Waals surface area contributed by atoms with E-state index < -0.39 is 5.60 Å². The molecule has 1 aromatic heterocycles. The van der Waals surface area contributed by atoms with E-state index in [9.17, 15) is 5.11 Å². The quantitative estimate of drug-likeness (QED) is 0.332. The number of fused-ring (bicyclic) bond motifs is 3. The van der Waals surface area contributed by atoms with E-state index in [1.54, 1.807) is 11.3 Å². The molecule has 0 aliphatic heterocycles. The Morgan fingerprint density at radius 3 is 2.06 bits per heavy atom. The maximum atomic E-state index is 12.3. The first kappa shape index (κ1) is 18.7. The van der Waals surface area contributed by atoms with Crippen LogP contribution in [-0.2, 0) is 5.60 Å². The molecule has 1 heterocycles. The lowest BCUT2D eigenvalue weighted by Crippen LogP contribution is -2.55. The minimum atomic E-state index is -0.694. The largest absolute Gasteiger partial charge is 0.385 e. The highest BCUT2D eigenvalue weighted by molar-refractivity contribution is 7.27. The zero-order valence-electron chi connectivity index (χ0n) is 17.4. The third-order valence-corrected chi connectivity index (χ3v) is 10.2. The predicted octanol–water partition coefficient (Wildman–Crippen LogP) is 8.02. The highest BCUT2D eigenvalue weighted by Gasteiger charge is 2.57. The van der Waals surface area contributed by atoms with Crippen molar-refractivity contribution in [1.29, 1.82) is 0 Å². The lowest BCUT2D eigenvalue weighted by Gasteiger charge is -2.59. The maximum absolute atomic E-state index is 12.3. The molecule has 0 spiro atoms. The van der Waals surface area contributed by atoms with Gasteiger partial charge in [-0.25, -0.2) is 0 Å². The van der Waals surface area contributed by atoms with Crippen molar-refractivity contribution in [2.24, 2.45) is 23.7 Å². The topological polar surface area (TPSA) is 20.2 Å². The van der Waals surface area contributed by atoms with E-state index in [0.717, 1.165) is 27.1 Å². The Morgan fingerprint density at radius 2 is 1.32 bits per heavy atom. The summed E-state index contributed by atoms with van der Waals surface area (Å²) in [7, 11) is 0. The second kappa shape index (κ2) is 6.57. The monoisotopic (exact) mass is 444 g/mol. The average molecular weight is 445 g/mol. The van der Waals surface area contributed by atoms with Crippen molar-refractivity contribution in [2.75, 3.05) is 0 Å². The first-order valence-corrected chi connectivity index (χ1v) is 12.7. The number of thiophene rings is 1. The number of benzene rings is 3. The third-order valence-electron chi connectivity index (χ3n) is 8.51. The molecule has 4 aliphatic carbocycles. The smallest absolute Gasteiger partial charge is 0.0958 e. The van der Waals surface area contributed by atoms with Gasteiger partial charge in [0, 0.05) is 15.5 Å². The van der Waals surface area contributed by atoms with E-state index in [1.807, 2.05) is 12.1 Å². The fourth-order valence-corrected chi connectivity index (χ4v) is 8.93. The van der Waals surface area contributed by atoms with Crippen molar-refractivity contribution >= 4 is 43.1 Å². The number of aliphatic hydroxyl groups is 1. The lowest BCUT2D eigenvalue weighted by molar-refractivity contribution is -0.179. The van der Waals surface area contributed by atoms with Gasteiger partial charge in [0.2, 0.25) is 0 Å². The summed E-state index contributed by atoms with van der Waals surface area (Å²) in [4.78, 5) is 0. The van der Waals surface area contributed by atoms with Crippen LogP contribution in [0.5, 0.6) is 0 Å². The second-order valence-electron chi connectivity index (χ2n) is 10.1. The number of halogens is 1. The van der Waals surface area contributed by atoms with Gasteiger partial charge in [-0.3, -0.25) is 0 Å². The second-order valence-corrected chi connectivity index (χ2v) is 11.5. The van der Waals surface area contributed by atoms with Crippen molar-refractivity contribution in [3.8, 4) is 11.1 Å². The van der Waals surface area contributed by atoms with Crippen molar-refractivity contribution in [1.82, 2.24) is 0 Å². The van der Waals surface area contributed by atoms with E-state index in [2.05, 4.69) is 48.5 Å². The normalized spacial score (nSPS) is 31.7. The van der Waals surface area contributed by atoms with Gasteiger partial charge in [0.05, 0.1) is 15.3 Å². The van der Waals surface area contributed by atoms with Gasteiger partial charge in [0.15, 0.2) is 0 Å². The van der Waals surface area contributed by atoms with Gasteiger partial charge in [-0.1, -0.05) is 66.2 Å².